The van der Waals surface area contributed by atoms with Crippen LogP contribution in [0.5, 0.6) is 6.01 Å². The lowest BCUT2D eigenvalue weighted by Crippen LogP contribution is -2.49. The van der Waals surface area contributed by atoms with Crippen LogP contribution in [-0.2, 0) is 0 Å². The normalized spacial score (nSPS) is 19.5. The van der Waals surface area contributed by atoms with Crippen molar-refractivity contribution in [3.63, 3.8) is 0 Å². The Balaban J connectivity index is 1.51. The third-order valence-electron chi connectivity index (χ3n) is 7.98. The zero-order chi connectivity index (χ0) is 26.2. The predicted molar refractivity (Wildman–Crippen MR) is 148 cm³/mol. The van der Waals surface area contributed by atoms with Gasteiger partial charge in [-0.1, -0.05) is 27.2 Å². The lowest BCUT2D eigenvalue weighted by molar-refractivity contribution is 0.0601. The molecule has 2 fully saturated rings. The maximum Gasteiger partial charge on any atom is 0.329 e. The number of fused-ring (bicyclic) bond motifs is 1. The predicted octanol–water partition coefficient (Wildman–Crippen LogP) is 1.82. The van der Waals surface area contributed by atoms with Crippen molar-refractivity contribution in [2.75, 3.05) is 84.3 Å². The number of ether oxygens (including phenoxy) is 1. The van der Waals surface area contributed by atoms with Crippen LogP contribution in [0.25, 0.3) is 11.2 Å². The first-order chi connectivity index (χ1) is 18.0. The molecule has 0 radical (unpaired) electrons. The number of imidazole rings is 1. The molecule has 0 aliphatic carbocycles. The fourth-order valence-corrected chi connectivity index (χ4v) is 5.50. The van der Waals surface area contributed by atoms with Gasteiger partial charge in [0, 0.05) is 52.4 Å². The van der Waals surface area contributed by atoms with Gasteiger partial charge in [0.2, 0.25) is 0 Å². The highest BCUT2D eigenvalue weighted by atomic mass is 16.5. The Bertz CT molecular complexity index is 1020. The van der Waals surface area contributed by atoms with Crippen molar-refractivity contribution in [1.29, 1.82) is 0 Å². The Hall–Kier alpha value is -2.21. The molecular formula is C26H47N9O2. The van der Waals surface area contributed by atoms with Crippen molar-refractivity contribution < 1.29 is 4.74 Å². The number of unbranched alkanes of at least 4 members (excludes halogenated alkanes) is 2. The number of hydrogen-bond donors (Lipinski definition) is 2. The molecule has 0 bridgehead atoms. The zero-order valence-electron chi connectivity index (χ0n) is 23.1. The van der Waals surface area contributed by atoms with Crippen LogP contribution in [0.1, 0.15) is 59.0 Å². The SMILES string of the molecule is CCCCOc1nc(N)c2[nH]c(=O)n(C(CCCCN3CCN(CC)CC3)N3CCN(CC)CC3)c2n1. The summed E-state index contributed by atoms with van der Waals surface area (Å²) in [6.45, 7) is 18.9. The second-order valence-electron chi connectivity index (χ2n) is 10.3. The number of piperazine rings is 2. The van der Waals surface area contributed by atoms with Crippen LogP contribution in [0.15, 0.2) is 4.79 Å². The first-order valence-corrected chi connectivity index (χ1v) is 14.4. The van der Waals surface area contributed by atoms with Gasteiger partial charge in [-0.15, -0.1) is 0 Å². The van der Waals surface area contributed by atoms with Crippen LogP contribution in [0.4, 0.5) is 5.82 Å². The van der Waals surface area contributed by atoms with Gasteiger partial charge in [0.05, 0.1) is 12.8 Å². The summed E-state index contributed by atoms with van der Waals surface area (Å²) in [6.07, 6.45) is 4.92. The molecule has 37 heavy (non-hydrogen) atoms. The zero-order valence-corrected chi connectivity index (χ0v) is 23.1. The number of nitrogens with two attached hydrogens (primary N) is 1. The number of H-pyrrole nitrogens is 1. The number of nitrogens with zero attached hydrogens (tertiary/aromatic N) is 7. The molecule has 0 saturated carbocycles. The second-order valence-corrected chi connectivity index (χ2v) is 10.3. The molecule has 3 N–H and O–H groups in total. The molecule has 1 atom stereocenters. The maximum atomic E-state index is 13.3. The largest absolute Gasteiger partial charge is 0.463 e. The van der Waals surface area contributed by atoms with Crippen LogP contribution in [0, 0.1) is 0 Å². The first-order valence-electron chi connectivity index (χ1n) is 14.4. The summed E-state index contributed by atoms with van der Waals surface area (Å²) < 4.78 is 7.58. The smallest absolute Gasteiger partial charge is 0.329 e. The highest BCUT2D eigenvalue weighted by Crippen LogP contribution is 2.26. The van der Waals surface area contributed by atoms with Gasteiger partial charge in [-0.25, -0.2) is 4.79 Å². The Morgan fingerprint density at radius 2 is 1.54 bits per heavy atom. The van der Waals surface area contributed by atoms with E-state index in [4.69, 9.17) is 10.5 Å². The van der Waals surface area contributed by atoms with Crippen molar-refractivity contribution in [3.8, 4) is 6.01 Å². The molecule has 4 heterocycles. The summed E-state index contributed by atoms with van der Waals surface area (Å²) in [5, 5.41) is 0. The van der Waals surface area contributed by atoms with Gasteiger partial charge in [-0.2, -0.15) is 9.97 Å². The van der Waals surface area contributed by atoms with Gasteiger partial charge >= 0.3 is 11.7 Å². The topological polar surface area (TPSA) is 112 Å². The highest BCUT2D eigenvalue weighted by Gasteiger charge is 2.28. The van der Waals surface area contributed by atoms with Crippen LogP contribution in [0.2, 0.25) is 0 Å². The molecule has 1 unspecified atom stereocenters. The molecule has 4 rings (SSSR count). The molecule has 11 heteroatoms. The average Bonchev–Trinajstić information content (AvgIpc) is 3.25. The molecule has 0 amide bonds. The van der Waals surface area contributed by atoms with E-state index >= 15 is 0 Å². The van der Waals surface area contributed by atoms with E-state index in [1.54, 1.807) is 0 Å². The van der Waals surface area contributed by atoms with E-state index in [-0.39, 0.29) is 23.7 Å². The molecule has 2 aromatic heterocycles. The van der Waals surface area contributed by atoms with E-state index in [0.29, 0.717) is 17.8 Å². The van der Waals surface area contributed by atoms with Gasteiger partial charge in [-0.3, -0.25) is 9.47 Å². The van der Waals surface area contributed by atoms with Crippen LogP contribution in [-0.4, -0.2) is 118 Å². The monoisotopic (exact) mass is 517 g/mol. The Labute approximate surface area is 220 Å². The van der Waals surface area contributed by atoms with Crippen LogP contribution in [0.3, 0.4) is 0 Å². The number of nitrogen functional groups attached to an aromatic ring is 1. The van der Waals surface area contributed by atoms with E-state index in [1.807, 2.05) is 4.57 Å². The minimum Gasteiger partial charge on any atom is -0.463 e. The van der Waals surface area contributed by atoms with E-state index < -0.39 is 0 Å². The number of nitrogens with one attached hydrogen (secondary N) is 1. The third kappa shape index (κ3) is 7.01. The third-order valence-corrected chi connectivity index (χ3v) is 7.98. The number of anilines is 1. The van der Waals surface area contributed by atoms with Gasteiger partial charge in [0.1, 0.15) is 5.52 Å². The summed E-state index contributed by atoms with van der Waals surface area (Å²) in [4.78, 5) is 35.2. The van der Waals surface area contributed by atoms with Gasteiger partial charge in [-0.05, 0) is 45.3 Å². The molecule has 2 aliphatic rings. The molecule has 2 aliphatic heterocycles. The number of aromatic nitrogens is 4. The Kier molecular flexibility index (Phi) is 10.2. The van der Waals surface area contributed by atoms with Gasteiger partial charge < -0.3 is 30.2 Å². The fraction of sp³-hybridized carbons (Fsp3) is 0.808. The summed E-state index contributed by atoms with van der Waals surface area (Å²) >= 11 is 0. The lowest BCUT2D eigenvalue weighted by atomic mass is 10.1. The van der Waals surface area contributed by atoms with E-state index in [2.05, 4.69) is 55.3 Å². The summed E-state index contributed by atoms with van der Waals surface area (Å²) in [5.41, 5.74) is 7.10. The molecule has 2 saturated heterocycles. The maximum absolute atomic E-state index is 13.3. The van der Waals surface area contributed by atoms with Crippen molar-refractivity contribution in [2.24, 2.45) is 0 Å². The molecule has 2 aromatic rings. The summed E-state index contributed by atoms with van der Waals surface area (Å²) in [7, 11) is 0. The standard InChI is InChI=1S/C26H47N9O2/c1-4-7-20-37-25-29-23(27)22-24(30-25)35(26(36)28-22)21(34-18-16-32(6-3)17-19-34)10-8-9-11-33-14-12-31(5-2)13-15-33/h21H,4-20H2,1-3H3,(H,28,36)(H2,27,29,30). The molecule has 0 aromatic carbocycles. The van der Waals surface area contributed by atoms with Crippen molar-refractivity contribution in [2.45, 2.75) is 59.0 Å². The van der Waals surface area contributed by atoms with Crippen molar-refractivity contribution >= 4 is 17.0 Å². The fourth-order valence-electron chi connectivity index (χ4n) is 5.50. The quantitative estimate of drug-likeness (QED) is 0.384. The molecule has 208 valence electrons. The minimum atomic E-state index is -0.180. The Morgan fingerprint density at radius 3 is 2.19 bits per heavy atom. The highest BCUT2D eigenvalue weighted by molar-refractivity contribution is 5.82. The van der Waals surface area contributed by atoms with Gasteiger partial charge in [0.15, 0.2) is 11.5 Å². The van der Waals surface area contributed by atoms with E-state index in [0.717, 1.165) is 104 Å². The first kappa shape index (κ1) is 27.8. The Morgan fingerprint density at radius 1 is 0.892 bits per heavy atom. The van der Waals surface area contributed by atoms with E-state index in [1.165, 1.54) is 0 Å². The van der Waals surface area contributed by atoms with Crippen LogP contribution < -0.4 is 16.2 Å². The van der Waals surface area contributed by atoms with E-state index in [9.17, 15) is 4.79 Å². The summed E-state index contributed by atoms with van der Waals surface area (Å²) in [5.74, 6) is 0.258. The lowest BCUT2D eigenvalue weighted by Gasteiger charge is -2.39. The number of hydrogen-bond acceptors (Lipinski definition) is 9. The van der Waals surface area contributed by atoms with Gasteiger partial charge in [0.25, 0.3) is 0 Å². The molecule has 11 nitrogen and oxygen atoms in total. The number of rotatable bonds is 13. The van der Waals surface area contributed by atoms with Crippen molar-refractivity contribution in [1.82, 2.24) is 39.1 Å². The number of aromatic amines is 1. The molecule has 0 spiro atoms. The second kappa shape index (κ2) is 13.5. The van der Waals surface area contributed by atoms with Crippen molar-refractivity contribution in [3.05, 3.63) is 10.5 Å². The number of likely N-dealkylation sites (N-methyl/N-ethyl adjacent to an activating group) is 2. The summed E-state index contributed by atoms with van der Waals surface area (Å²) in [6, 6.07) is 0.243. The minimum absolute atomic E-state index is 0.0741. The molecular weight excluding hydrogens is 470 g/mol. The average molecular weight is 518 g/mol. The van der Waals surface area contributed by atoms with Crippen LogP contribution >= 0.6 is 0 Å².